The minimum atomic E-state index is -0.0339. The Bertz CT molecular complexity index is 453. The molecule has 0 bridgehead atoms. The molecule has 0 aromatic heterocycles. The minimum Gasteiger partial charge on any atom is -0.504 e. The zero-order valence-corrected chi connectivity index (χ0v) is 12.4. The van der Waals surface area contributed by atoms with Gasteiger partial charge in [-0.2, -0.15) is 0 Å². The number of ether oxygens (including phenoxy) is 2. The van der Waals surface area contributed by atoms with Gasteiger partial charge in [-0.3, -0.25) is 0 Å². The van der Waals surface area contributed by atoms with E-state index in [0.29, 0.717) is 24.7 Å². The van der Waals surface area contributed by atoms with E-state index in [2.05, 4.69) is 0 Å². The van der Waals surface area contributed by atoms with E-state index in [1.165, 1.54) is 26.4 Å². The van der Waals surface area contributed by atoms with Gasteiger partial charge in [0.2, 0.25) is 5.75 Å². The SMILES string of the molecule is CCOc1cc(C2(CN)CCCCC2)cc(O)c1OC. The molecular formula is C16H25NO3. The summed E-state index contributed by atoms with van der Waals surface area (Å²) in [7, 11) is 1.54. The summed E-state index contributed by atoms with van der Waals surface area (Å²) in [6.45, 7) is 3.06. The molecular weight excluding hydrogens is 254 g/mol. The minimum absolute atomic E-state index is 0.0339. The van der Waals surface area contributed by atoms with E-state index in [-0.39, 0.29) is 11.2 Å². The lowest BCUT2D eigenvalue weighted by Gasteiger charge is -2.37. The highest BCUT2D eigenvalue weighted by Gasteiger charge is 2.34. The average molecular weight is 279 g/mol. The van der Waals surface area contributed by atoms with Gasteiger partial charge in [-0.25, -0.2) is 0 Å². The number of hydrogen-bond donors (Lipinski definition) is 2. The van der Waals surface area contributed by atoms with Gasteiger partial charge in [0, 0.05) is 12.0 Å². The van der Waals surface area contributed by atoms with Gasteiger partial charge >= 0.3 is 0 Å². The van der Waals surface area contributed by atoms with E-state index >= 15 is 0 Å². The third-order valence-electron chi connectivity index (χ3n) is 4.35. The second kappa shape index (κ2) is 6.35. The molecule has 0 radical (unpaired) electrons. The number of hydrogen-bond acceptors (Lipinski definition) is 4. The lowest BCUT2D eigenvalue weighted by molar-refractivity contribution is 0.284. The van der Waals surface area contributed by atoms with Gasteiger partial charge in [0.25, 0.3) is 0 Å². The first-order valence-corrected chi connectivity index (χ1v) is 7.41. The summed E-state index contributed by atoms with van der Waals surface area (Å²) in [6.07, 6.45) is 5.78. The van der Waals surface area contributed by atoms with Gasteiger partial charge in [0.15, 0.2) is 11.5 Å². The van der Waals surface area contributed by atoms with Crippen LogP contribution < -0.4 is 15.2 Å². The molecule has 0 heterocycles. The van der Waals surface area contributed by atoms with Crippen molar-refractivity contribution in [3.8, 4) is 17.2 Å². The number of aromatic hydroxyl groups is 1. The van der Waals surface area contributed by atoms with Crippen LogP contribution in [0.1, 0.15) is 44.6 Å². The maximum absolute atomic E-state index is 10.2. The molecule has 20 heavy (non-hydrogen) atoms. The number of phenolic OH excluding ortho intramolecular Hbond substituents is 1. The van der Waals surface area contributed by atoms with Crippen LogP contribution in [-0.2, 0) is 5.41 Å². The monoisotopic (exact) mass is 279 g/mol. The number of rotatable bonds is 5. The van der Waals surface area contributed by atoms with Crippen LogP contribution in [0.5, 0.6) is 17.2 Å². The third-order valence-corrected chi connectivity index (χ3v) is 4.35. The van der Waals surface area contributed by atoms with Gasteiger partial charge in [-0.05, 0) is 37.5 Å². The number of benzene rings is 1. The Morgan fingerprint density at radius 2 is 1.95 bits per heavy atom. The van der Waals surface area contributed by atoms with Crippen LogP contribution >= 0.6 is 0 Å². The number of phenols is 1. The van der Waals surface area contributed by atoms with E-state index in [1.54, 1.807) is 6.07 Å². The van der Waals surface area contributed by atoms with Crippen molar-refractivity contribution < 1.29 is 14.6 Å². The fraction of sp³-hybridized carbons (Fsp3) is 0.625. The molecule has 0 saturated heterocycles. The first-order valence-electron chi connectivity index (χ1n) is 7.41. The molecule has 0 amide bonds. The molecule has 0 unspecified atom stereocenters. The summed E-state index contributed by atoms with van der Waals surface area (Å²) in [6, 6.07) is 3.78. The van der Waals surface area contributed by atoms with E-state index < -0.39 is 0 Å². The molecule has 0 atom stereocenters. The highest BCUT2D eigenvalue weighted by Crippen LogP contribution is 2.45. The lowest BCUT2D eigenvalue weighted by Crippen LogP contribution is -2.37. The topological polar surface area (TPSA) is 64.7 Å². The van der Waals surface area contributed by atoms with Crippen LogP contribution in [0.3, 0.4) is 0 Å². The van der Waals surface area contributed by atoms with Gasteiger partial charge in [0.1, 0.15) is 0 Å². The molecule has 1 fully saturated rings. The molecule has 0 aliphatic heterocycles. The molecule has 4 heteroatoms. The molecule has 1 saturated carbocycles. The summed E-state index contributed by atoms with van der Waals surface area (Å²) in [4.78, 5) is 0. The Hall–Kier alpha value is -1.42. The van der Waals surface area contributed by atoms with Crippen LogP contribution in [0, 0.1) is 0 Å². The Morgan fingerprint density at radius 3 is 2.50 bits per heavy atom. The summed E-state index contributed by atoms with van der Waals surface area (Å²) in [5.41, 5.74) is 7.10. The lowest BCUT2D eigenvalue weighted by atomic mass is 9.69. The summed E-state index contributed by atoms with van der Waals surface area (Å²) >= 11 is 0. The van der Waals surface area contributed by atoms with Crippen LogP contribution in [0.4, 0.5) is 0 Å². The quantitative estimate of drug-likeness (QED) is 0.869. The van der Waals surface area contributed by atoms with Crippen molar-refractivity contribution in [3.63, 3.8) is 0 Å². The van der Waals surface area contributed by atoms with Crippen molar-refractivity contribution in [3.05, 3.63) is 17.7 Å². The molecule has 112 valence electrons. The fourth-order valence-electron chi connectivity index (χ4n) is 3.20. The first-order chi connectivity index (χ1) is 9.66. The summed E-state index contributed by atoms with van der Waals surface area (Å²) in [5.74, 6) is 1.13. The first kappa shape index (κ1) is 15.0. The number of nitrogens with two attached hydrogens (primary N) is 1. The second-order valence-corrected chi connectivity index (χ2v) is 5.50. The van der Waals surface area contributed by atoms with Crippen molar-refractivity contribution in [2.45, 2.75) is 44.4 Å². The predicted octanol–water partition coefficient (Wildman–Crippen LogP) is 2.96. The largest absolute Gasteiger partial charge is 0.504 e. The highest BCUT2D eigenvalue weighted by atomic mass is 16.5. The van der Waals surface area contributed by atoms with Crippen LogP contribution in [0.2, 0.25) is 0 Å². The van der Waals surface area contributed by atoms with Gasteiger partial charge < -0.3 is 20.3 Å². The van der Waals surface area contributed by atoms with E-state index in [9.17, 15) is 5.11 Å². The van der Waals surface area contributed by atoms with Crippen molar-refractivity contribution >= 4 is 0 Å². The van der Waals surface area contributed by atoms with Gasteiger partial charge in [-0.15, -0.1) is 0 Å². The summed E-state index contributed by atoms with van der Waals surface area (Å²) in [5, 5.41) is 10.2. The zero-order chi connectivity index (χ0) is 14.6. The smallest absolute Gasteiger partial charge is 0.203 e. The van der Waals surface area contributed by atoms with E-state index in [1.807, 2.05) is 13.0 Å². The maximum Gasteiger partial charge on any atom is 0.203 e. The Kier molecular flexibility index (Phi) is 4.76. The van der Waals surface area contributed by atoms with Crippen molar-refractivity contribution in [1.82, 2.24) is 0 Å². The molecule has 4 nitrogen and oxygen atoms in total. The molecule has 0 spiro atoms. The van der Waals surface area contributed by atoms with Crippen molar-refractivity contribution in [2.24, 2.45) is 5.73 Å². The standard InChI is InChI=1S/C16H25NO3/c1-3-20-14-10-12(9-13(18)15(14)19-2)16(11-17)7-5-4-6-8-16/h9-10,18H,3-8,11,17H2,1-2H3. The Balaban J connectivity index is 2.45. The molecule has 1 aliphatic carbocycles. The highest BCUT2D eigenvalue weighted by molar-refractivity contribution is 5.54. The average Bonchev–Trinajstić information content (AvgIpc) is 2.48. The predicted molar refractivity (Wildman–Crippen MR) is 79.6 cm³/mol. The Morgan fingerprint density at radius 1 is 1.25 bits per heavy atom. The molecule has 3 N–H and O–H groups in total. The van der Waals surface area contributed by atoms with E-state index in [0.717, 1.165) is 18.4 Å². The van der Waals surface area contributed by atoms with Crippen LogP contribution in [-0.4, -0.2) is 25.4 Å². The van der Waals surface area contributed by atoms with E-state index in [4.69, 9.17) is 15.2 Å². The molecule has 1 aliphatic rings. The normalized spacial score (nSPS) is 17.8. The molecule has 2 rings (SSSR count). The fourth-order valence-corrected chi connectivity index (χ4v) is 3.20. The third kappa shape index (κ3) is 2.70. The zero-order valence-electron chi connectivity index (χ0n) is 12.4. The summed E-state index contributed by atoms with van der Waals surface area (Å²) < 4.78 is 10.8. The number of methoxy groups -OCH3 is 1. The molecule has 1 aromatic rings. The van der Waals surface area contributed by atoms with Gasteiger partial charge in [0.05, 0.1) is 13.7 Å². The van der Waals surface area contributed by atoms with Crippen molar-refractivity contribution in [2.75, 3.05) is 20.3 Å². The maximum atomic E-state index is 10.2. The second-order valence-electron chi connectivity index (χ2n) is 5.50. The Labute approximate surface area is 120 Å². The van der Waals surface area contributed by atoms with Crippen molar-refractivity contribution in [1.29, 1.82) is 0 Å². The van der Waals surface area contributed by atoms with Gasteiger partial charge in [-0.1, -0.05) is 19.3 Å². The molecule has 1 aromatic carbocycles. The van der Waals surface area contributed by atoms with Crippen LogP contribution in [0.25, 0.3) is 0 Å². The van der Waals surface area contributed by atoms with Crippen LogP contribution in [0.15, 0.2) is 12.1 Å².